The summed E-state index contributed by atoms with van der Waals surface area (Å²) in [5, 5.41) is 3.39. The highest BCUT2D eigenvalue weighted by molar-refractivity contribution is 5.17. The highest BCUT2D eigenvalue weighted by Crippen LogP contribution is 2.47. The van der Waals surface area contributed by atoms with Gasteiger partial charge in [-0.2, -0.15) is 0 Å². The van der Waals surface area contributed by atoms with Crippen LogP contribution in [0.3, 0.4) is 0 Å². The molecule has 0 spiro atoms. The van der Waals surface area contributed by atoms with Gasteiger partial charge in [0.1, 0.15) is 11.5 Å². The maximum atomic E-state index is 5.99. The predicted octanol–water partition coefficient (Wildman–Crippen LogP) is 2.59. The van der Waals surface area contributed by atoms with Crippen LogP contribution in [0.25, 0.3) is 0 Å². The van der Waals surface area contributed by atoms with Crippen molar-refractivity contribution in [2.24, 2.45) is 5.92 Å². The van der Waals surface area contributed by atoms with Gasteiger partial charge in [-0.15, -0.1) is 0 Å². The molecule has 0 amide bonds. The summed E-state index contributed by atoms with van der Waals surface area (Å²) in [6, 6.07) is 5.00. The SMILES string of the molecule is CNC1CCCN(Cc2ccc(C3CC3C)o2)C1. The van der Waals surface area contributed by atoms with Gasteiger partial charge in [-0.25, -0.2) is 0 Å². The molecule has 0 bridgehead atoms. The number of nitrogens with one attached hydrogen (secondary N) is 1. The fraction of sp³-hybridized carbons (Fsp3) is 0.733. The molecule has 3 nitrogen and oxygen atoms in total. The molecule has 18 heavy (non-hydrogen) atoms. The summed E-state index contributed by atoms with van der Waals surface area (Å²) in [6.07, 6.45) is 3.90. The Balaban J connectivity index is 1.57. The van der Waals surface area contributed by atoms with Crippen molar-refractivity contribution >= 4 is 0 Å². The van der Waals surface area contributed by atoms with Crippen LogP contribution in [0, 0.1) is 5.92 Å². The lowest BCUT2D eigenvalue weighted by Gasteiger charge is -2.31. The van der Waals surface area contributed by atoms with Gasteiger partial charge < -0.3 is 9.73 Å². The zero-order valence-electron chi connectivity index (χ0n) is 11.5. The van der Waals surface area contributed by atoms with Gasteiger partial charge in [0.2, 0.25) is 0 Å². The number of furan rings is 1. The van der Waals surface area contributed by atoms with Crippen molar-refractivity contribution in [2.45, 2.75) is 44.7 Å². The Bertz CT molecular complexity index is 401. The molecule has 1 aromatic heterocycles. The second-order valence-electron chi connectivity index (χ2n) is 5.99. The third-order valence-corrected chi connectivity index (χ3v) is 4.45. The number of nitrogens with zero attached hydrogens (tertiary/aromatic N) is 1. The lowest BCUT2D eigenvalue weighted by atomic mass is 10.1. The Morgan fingerprint density at radius 3 is 3.00 bits per heavy atom. The first kappa shape index (κ1) is 12.2. The van der Waals surface area contributed by atoms with E-state index in [0.29, 0.717) is 12.0 Å². The average molecular weight is 248 g/mol. The largest absolute Gasteiger partial charge is 0.464 e. The molecule has 3 atom stereocenters. The van der Waals surface area contributed by atoms with Gasteiger partial charge >= 0.3 is 0 Å². The average Bonchev–Trinajstić information content (AvgIpc) is 2.94. The number of hydrogen-bond acceptors (Lipinski definition) is 3. The quantitative estimate of drug-likeness (QED) is 0.888. The van der Waals surface area contributed by atoms with E-state index in [9.17, 15) is 0 Å². The lowest BCUT2D eigenvalue weighted by Crippen LogP contribution is -2.43. The fourth-order valence-electron chi connectivity index (χ4n) is 3.05. The van der Waals surface area contributed by atoms with Crippen LogP contribution in [0.4, 0.5) is 0 Å². The molecule has 100 valence electrons. The molecule has 2 fully saturated rings. The van der Waals surface area contributed by atoms with E-state index in [1.165, 1.54) is 31.6 Å². The summed E-state index contributed by atoms with van der Waals surface area (Å²) in [5.74, 6) is 3.87. The Labute approximate surface area is 110 Å². The third kappa shape index (κ3) is 2.62. The van der Waals surface area contributed by atoms with Gasteiger partial charge in [0.25, 0.3) is 0 Å². The molecule has 1 N–H and O–H groups in total. The van der Waals surface area contributed by atoms with E-state index in [2.05, 4.69) is 36.3 Å². The molecule has 1 aliphatic carbocycles. The zero-order chi connectivity index (χ0) is 12.5. The minimum Gasteiger partial charge on any atom is -0.464 e. The van der Waals surface area contributed by atoms with E-state index < -0.39 is 0 Å². The fourth-order valence-corrected chi connectivity index (χ4v) is 3.05. The van der Waals surface area contributed by atoms with Crippen LogP contribution in [-0.4, -0.2) is 31.1 Å². The van der Waals surface area contributed by atoms with Crippen molar-refractivity contribution in [1.29, 1.82) is 0 Å². The molecule has 1 aromatic rings. The van der Waals surface area contributed by atoms with Gasteiger partial charge in [-0.05, 0) is 50.9 Å². The first-order chi connectivity index (χ1) is 8.76. The van der Waals surface area contributed by atoms with Crippen molar-refractivity contribution in [3.05, 3.63) is 23.7 Å². The van der Waals surface area contributed by atoms with E-state index >= 15 is 0 Å². The Morgan fingerprint density at radius 2 is 2.28 bits per heavy atom. The summed E-state index contributed by atoms with van der Waals surface area (Å²) < 4.78 is 5.99. The molecule has 0 aromatic carbocycles. The summed E-state index contributed by atoms with van der Waals surface area (Å²) in [6.45, 7) is 5.62. The molecule has 3 rings (SSSR count). The second-order valence-corrected chi connectivity index (χ2v) is 5.99. The smallest absolute Gasteiger partial charge is 0.118 e. The molecule has 2 heterocycles. The molecule has 1 saturated heterocycles. The minimum atomic E-state index is 0.650. The number of piperidine rings is 1. The van der Waals surface area contributed by atoms with Crippen molar-refractivity contribution in [1.82, 2.24) is 10.2 Å². The van der Waals surface area contributed by atoms with E-state index in [-0.39, 0.29) is 0 Å². The Morgan fingerprint density at radius 1 is 1.44 bits per heavy atom. The van der Waals surface area contributed by atoms with Crippen LogP contribution >= 0.6 is 0 Å². The highest BCUT2D eigenvalue weighted by atomic mass is 16.3. The normalized spacial score (nSPS) is 32.7. The van der Waals surface area contributed by atoms with Crippen LogP contribution in [0.15, 0.2) is 16.5 Å². The first-order valence-electron chi connectivity index (χ1n) is 7.24. The van der Waals surface area contributed by atoms with Crippen LogP contribution in [0.1, 0.15) is 43.6 Å². The summed E-state index contributed by atoms with van der Waals surface area (Å²) in [5.41, 5.74) is 0. The molecule has 1 aliphatic heterocycles. The van der Waals surface area contributed by atoms with Crippen molar-refractivity contribution in [3.63, 3.8) is 0 Å². The molecular weight excluding hydrogens is 224 g/mol. The molecule has 2 aliphatic rings. The maximum Gasteiger partial charge on any atom is 0.118 e. The van der Waals surface area contributed by atoms with Crippen LogP contribution in [-0.2, 0) is 6.54 Å². The first-order valence-corrected chi connectivity index (χ1v) is 7.24. The molecule has 3 unspecified atom stereocenters. The van der Waals surface area contributed by atoms with Gasteiger partial charge in [-0.3, -0.25) is 4.90 Å². The van der Waals surface area contributed by atoms with Crippen LogP contribution in [0.5, 0.6) is 0 Å². The predicted molar refractivity (Wildman–Crippen MR) is 72.6 cm³/mol. The highest BCUT2D eigenvalue weighted by Gasteiger charge is 2.36. The van der Waals surface area contributed by atoms with Crippen LogP contribution in [0.2, 0.25) is 0 Å². The molecule has 0 radical (unpaired) electrons. The minimum absolute atomic E-state index is 0.650. The summed E-state index contributed by atoms with van der Waals surface area (Å²) >= 11 is 0. The Hall–Kier alpha value is -0.800. The van der Waals surface area contributed by atoms with Crippen molar-refractivity contribution < 1.29 is 4.42 Å². The number of rotatable bonds is 4. The van der Waals surface area contributed by atoms with Crippen LogP contribution < -0.4 is 5.32 Å². The molecular formula is C15H24N2O. The number of likely N-dealkylation sites (N-methyl/N-ethyl adjacent to an activating group) is 1. The number of hydrogen-bond donors (Lipinski definition) is 1. The molecule has 3 heteroatoms. The monoisotopic (exact) mass is 248 g/mol. The summed E-state index contributed by atoms with van der Waals surface area (Å²) in [4.78, 5) is 2.50. The van der Waals surface area contributed by atoms with Gasteiger partial charge in [0, 0.05) is 18.5 Å². The number of likely N-dealkylation sites (tertiary alicyclic amines) is 1. The van der Waals surface area contributed by atoms with E-state index in [1.807, 2.05) is 0 Å². The zero-order valence-corrected chi connectivity index (χ0v) is 11.5. The van der Waals surface area contributed by atoms with Gasteiger partial charge in [0.15, 0.2) is 0 Å². The van der Waals surface area contributed by atoms with E-state index in [0.717, 1.165) is 24.8 Å². The standard InChI is InChI=1S/C15H24N2O/c1-11-8-14(11)15-6-5-13(18-15)10-17-7-3-4-12(9-17)16-2/h5-6,11-12,14,16H,3-4,7-10H2,1-2H3. The van der Waals surface area contributed by atoms with E-state index in [1.54, 1.807) is 0 Å². The Kier molecular flexibility index (Phi) is 3.44. The second kappa shape index (κ2) is 5.06. The third-order valence-electron chi connectivity index (χ3n) is 4.45. The molecule has 1 saturated carbocycles. The van der Waals surface area contributed by atoms with E-state index in [4.69, 9.17) is 4.42 Å². The van der Waals surface area contributed by atoms with Gasteiger partial charge in [0.05, 0.1) is 6.54 Å². The maximum absolute atomic E-state index is 5.99. The summed E-state index contributed by atoms with van der Waals surface area (Å²) in [7, 11) is 2.06. The lowest BCUT2D eigenvalue weighted by molar-refractivity contribution is 0.175. The van der Waals surface area contributed by atoms with Crippen molar-refractivity contribution in [3.8, 4) is 0 Å². The van der Waals surface area contributed by atoms with Gasteiger partial charge in [-0.1, -0.05) is 6.92 Å². The topological polar surface area (TPSA) is 28.4 Å². The van der Waals surface area contributed by atoms with Crippen molar-refractivity contribution in [2.75, 3.05) is 20.1 Å².